The van der Waals surface area contributed by atoms with Crippen molar-refractivity contribution in [3.05, 3.63) is 46.6 Å². The standard InChI is InChI=1S/C15H19ClN4O2S/c1-10-7-11(2)15(13(16)8-10)18-14-6-5-12(9-17-14)19-23(21,22)20(3)4/h5-9,19H,1-4H3,(H,17,18). The van der Waals surface area contributed by atoms with E-state index in [1.54, 1.807) is 12.1 Å². The van der Waals surface area contributed by atoms with E-state index >= 15 is 0 Å². The molecule has 0 radical (unpaired) electrons. The van der Waals surface area contributed by atoms with Crippen LogP contribution in [0.25, 0.3) is 0 Å². The van der Waals surface area contributed by atoms with Crippen LogP contribution in [0.5, 0.6) is 0 Å². The Bertz CT molecular complexity index is 782. The zero-order valence-electron chi connectivity index (χ0n) is 13.4. The SMILES string of the molecule is Cc1cc(C)c(Nc2ccc(NS(=O)(=O)N(C)C)cn2)c(Cl)c1. The predicted octanol–water partition coefficient (Wildman–Crippen LogP) is 3.31. The zero-order valence-corrected chi connectivity index (χ0v) is 15.0. The second kappa shape index (κ2) is 6.74. The van der Waals surface area contributed by atoms with Gasteiger partial charge < -0.3 is 5.32 Å². The first-order valence-corrected chi connectivity index (χ1v) is 8.71. The molecule has 0 saturated carbocycles. The summed E-state index contributed by atoms with van der Waals surface area (Å²) >= 11 is 6.25. The molecule has 0 unspecified atom stereocenters. The molecule has 0 spiro atoms. The summed E-state index contributed by atoms with van der Waals surface area (Å²) in [7, 11) is -0.635. The van der Waals surface area contributed by atoms with Crippen LogP contribution in [0.15, 0.2) is 30.5 Å². The summed E-state index contributed by atoms with van der Waals surface area (Å²) in [6, 6.07) is 7.21. The van der Waals surface area contributed by atoms with E-state index in [2.05, 4.69) is 15.0 Å². The molecule has 6 nitrogen and oxygen atoms in total. The number of aryl methyl sites for hydroxylation is 2. The van der Waals surface area contributed by atoms with E-state index in [0.29, 0.717) is 16.5 Å². The normalized spacial score (nSPS) is 11.6. The van der Waals surface area contributed by atoms with Crippen LogP contribution < -0.4 is 10.0 Å². The molecule has 0 fully saturated rings. The Morgan fingerprint density at radius 2 is 1.87 bits per heavy atom. The molecule has 2 aromatic rings. The summed E-state index contributed by atoms with van der Waals surface area (Å²) in [6.45, 7) is 3.94. The molecule has 0 bridgehead atoms. The number of hydrogen-bond acceptors (Lipinski definition) is 4. The second-order valence-corrected chi connectivity index (χ2v) is 7.68. The van der Waals surface area contributed by atoms with Gasteiger partial charge in [0.05, 0.1) is 22.6 Å². The third-order valence-electron chi connectivity index (χ3n) is 3.18. The first-order valence-electron chi connectivity index (χ1n) is 6.89. The molecule has 0 amide bonds. The number of pyridine rings is 1. The fourth-order valence-electron chi connectivity index (χ4n) is 1.97. The lowest BCUT2D eigenvalue weighted by Gasteiger charge is -2.14. The summed E-state index contributed by atoms with van der Waals surface area (Å²) in [5.41, 5.74) is 3.26. The van der Waals surface area contributed by atoms with Crippen LogP contribution >= 0.6 is 11.6 Å². The van der Waals surface area contributed by atoms with Crippen molar-refractivity contribution < 1.29 is 8.42 Å². The number of halogens is 1. The fraction of sp³-hybridized carbons (Fsp3) is 0.267. The Morgan fingerprint density at radius 3 is 2.39 bits per heavy atom. The van der Waals surface area contributed by atoms with Crippen molar-refractivity contribution in [1.82, 2.24) is 9.29 Å². The third-order valence-corrected chi connectivity index (χ3v) is 4.93. The van der Waals surface area contributed by atoms with Crippen LogP contribution in [0.2, 0.25) is 5.02 Å². The van der Waals surface area contributed by atoms with E-state index in [1.807, 2.05) is 26.0 Å². The average Bonchev–Trinajstić information content (AvgIpc) is 2.44. The lowest BCUT2D eigenvalue weighted by Crippen LogP contribution is -2.28. The van der Waals surface area contributed by atoms with Gasteiger partial charge in [-0.2, -0.15) is 12.7 Å². The second-order valence-electron chi connectivity index (χ2n) is 5.39. The van der Waals surface area contributed by atoms with Gasteiger partial charge in [0, 0.05) is 14.1 Å². The summed E-state index contributed by atoms with van der Waals surface area (Å²) in [6.07, 6.45) is 1.45. The maximum atomic E-state index is 11.8. The molecule has 124 valence electrons. The Labute approximate surface area is 141 Å². The van der Waals surface area contributed by atoms with Crippen molar-refractivity contribution in [1.29, 1.82) is 0 Å². The Kier molecular flexibility index (Phi) is 5.13. The minimum Gasteiger partial charge on any atom is -0.339 e. The van der Waals surface area contributed by atoms with Crippen molar-refractivity contribution in [2.45, 2.75) is 13.8 Å². The minimum atomic E-state index is -3.54. The molecule has 8 heteroatoms. The summed E-state index contributed by atoms with van der Waals surface area (Å²) in [5.74, 6) is 0.576. The largest absolute Gasteiger partial charge is 0.339 e. The fourth-order valence-corrected chi connectivity index (χ4v) is 2.94. The molecule has 0 aliphatic rings. The smallest absolute Gasteiger partial charge is 0.301 e. The first-order chi connectivity index (χ1) is 10.7. The van der Waals surface area contributed by atoms with E-state index < -0.39 is 10.2 Å². The maximum Gasteiger partial charge on any atom is 0.301 e. The van der Waals surface area contributed by atoms with Crippen LogP contribution in [0.1, 0.15) is 11.1 Å². The van der Waals surface area contributed by atoms with Crippen molar-refractivity contribution in [3.8, 4) is 0 Å². The lowest BCUT2D eigenvalue weighted by molar-refractivity contribution is 0.527. The molecular formula is C15H19ClN4O2S. The van der Waals surface area contributed by atoms with Gasteiger partial charge in [-0.3, -0.25) is 4.72 Å². The maximum absolute atomic E-state index is 11.8. The molecule has 2 N–H and O–H groups in total. The van der Waals surface area contributed by atoms with Crippen LogP contribution in [0.4, 0.5) is 17.2 Å². The van der Waals surface area contributed by atoms with Gasteiger partial charge in [0.25, 0.3) is 0 Å². The molecule has 0 atom stereocenters. The van der Waals surface area contributed by atoms with Gasteiger partial charge >= 0.3 is 10.2 Å². The summed E-state index contributed by atoms with van der Waals surface area (Å²) in [4.78, 5) is 4.21. The van der Waals surface area contributed by atoms with Crippen LogP contribution in [-0.2, 0) is 10.2 Å². The number of benzene rings is 1. The highest BCUT2D eigenvalue weighted by molar-refractivity contribution is 7.90. The first kappa shape index (κ1) is 17.5. The van der Waals surface area contributed by atoms with Gasteiger partial charge in [-0.25, -0.2) is 4.98 Å². The zero-order chi connectivity index (χ0) is 17.2. The van der Waals surface area contributed by atoms with Crippen LogP contribution in [-0.4, -0.2) is 31.8 Å². The summed E-state index contributed by atoms with van der Waals surface area (Å²) in [5, 5.41) is 3.76. The van der Waals surface area contributed by atoms with Crippen molar-refractivity contribution in [2.75, 3.05) is 24.1 Å². The van der Waals surface area contributed by atoms with Gasteiger partial charge in [0.1, 0.15) is 5.82 Å². The molecule has 0 saturated heterocycles. The molecule has 2 rings (SSSR count). The van der Waals surface area contributed by atoms with Gasteiger partial charge in [-0.15, -0.1) is 0 Å². The molecule has 0 aliphatic heterocycles. The van der Waals surface area contributed by atoms with Crippen LogP contribution in [0.3, 0.4) is 0 Å². The molecular weight excluding hydrogens is 336 g/mol. The third kappa shape index (κ3) is 4.34. The van der Waals surface area contributed by atoms with E-state index in [4.69, 9.17) is 11.6 Å². The lowest BCUT2D eigenvalue weighted by atomic mass is 10.1. The van der Waals surface area contributed by atoms with Crippen molar-refractivity contribution in [2.24, 2.45) is 0 Å². The number of nitrogens with zero attached hydrogens (tertiary/aromatic N) is 2. The number of anilines is 3. The monoisotopic (exact) mass is 354 g/mol. The van der Waals surface area contributed by atoms with E-state index in [1.165, 1.54) is 20.3 Å². The quantitative estimate of drug-likeness (QED) is 0.863. The van der Waals surface area contributed by atoms with Crippen LogP contribution in [0, 0.1) is 13.8 Å². The Balaban J connectivity index is 2.18. The molecule has 1 aromatic carbocycles. The molecule has 1 heterocycles. The van der Waals surface area contributed by atoms with Gasteiger partial charge in [-0.1, -0.05) is 17.7 Å². The van der Waals surface area contributed by atoms with Gasteiger partial charge in [0.15, 0.2) is 0 Å². The van der Waals surface area contributed by atoms with E-state index in [0.717, 1.165) is 21.1 Å². The number of rotatable bonds is 5. The van der Waals surface area contributed by atoms with Crippen molar-refractivity contribution >= 4 is 39.0 Å². The highest BCUT2D eigenvalue weighted by Gasteiger charge is 2.13. The summed E-state index contributed by atoms with van der Waals surface area (Å²) < 4.78 is 27.0. The van der Waals surface area contributed by atoms with Gasteiger partial charge in [-0.05, 0) is 43.2 Å². The van der Waals surface area contributed by atoms with Crippen molar-refractivity contribution in [3.63, 3.8) is 0 Å². The molecule has 23 heavy (non-hydrogen) atoms. The Hall–Kier alpha value is -1.83. The van der Waals surface area contributed by atoms with Gasteiger partial charge in [0.2, 0.25) is 0 Å². The van der Waals surface area contributed by atoms with E-state index in [9.17, 15) is 8.42 Å². The predicted molar refractivity (Wildman–Crippen MR) is 94.7 cm³/mol. The minimum absolute atomic E-state index is 0.385. The topological polar surface area (TPSA) is 74.3 Å². The highest BCUT2D eigenvalue weighted by atomic mass is 35.5. The van der Waals surface area contributed by atoms with E-state index in [-0.39, 0.29) is 0 Å². The number of hydrogen-bond donors (Lipinski definition) is 2. The molecule has 0 aliphatic carbocycles. The molecule has 1 aromatic heterocycles. The number of aromatic nitrogens is 1. The highest BCUT2D eigenvalue weighted by Crippen LogP contribution is 2.29. The number of nitrogens with one attached hydrogen (secondary N) is 2. The Morgan fingerprint density at radius 1 is 1.17 bits per heavy atom. The average molecular weight is 355 g/mol.